The van der Waals surface area contributed by atoms with Crippen molar-refractivity contribution in [1.29, 1.82) is 0 Å². The van der Waals surface area contributed by atoms with E-state index in [1.165, 1.54) is 12.1 Å². The number of rotatable bonds is 4. The summed E-state index contributed by atoms with van der Waals surface area (Å²) in [4.78, 5) is 14.1. The molecule has 1 saturated heterocycles. The topological polar surface area (TPSA) is 42.1 Å². The van der Waals surface area contributed by atoms with Crippen molar-refractivity contribution in [2.45, 2.75) is 63.7 Å². The van der Waals surface area contributed by atoms with Crippen LogP contribution in [-0.4, -0.2) is 35.8 Å². The van der Waals surface area contributed by atoms with Crippen molar-refractivity contribution >= 4 is 6.09 Å². The maximum Gasteiger partial charge on any atom is 0.410 e. The van der Waals surface area contributed by atoms with Crippen LogP contribution in [0.4, 0.5) is 13.6 Å². The van der Waals surface area contributed by atoms with Crippen LogP contribution in [0.5, 0.6) is 0 Å². The van der Waals surface area contributed by atoms with Gasteiger partial charge in [-0.25, -0.2) is 13.6 Å². The van der Waals surface area contributed by atoms with E-state index in [1.807, 2.05) is 20.8 Å². The molecule has 2 atom stereocenters. The average Bonchev–Trinajstić information content (AvgIpc) is 3.23. The number of hydrogen-bond donors (Lipinski definition) is 0. The molecule has 4 fully saturated rings. The minimum atomic E-state index is -0.672. The van der Waals surface area contributed by atoms with Gasteiger partial charge in [0.15, 0.2) is 0 Å². The van der Waals surface area contributed by atoms with Gasteiger partial charge >= 0.3 is 6.09 Å². The van der Waals surface area contributed by atoms with Crippen molar-refractivity contribution in [1.82, 2.24) is 4.90 Å². The van der Waals surface area contributed by atoms with Gasteiger partial charge in [0.1, 0.15) is 22.8 Å². The van der Waals surface area contributed by atoms with E-state index in [1.54, 1.807) is 11.9 Å². The van der Waals surface area contributed by atoms with Crippen LogP contribution >= 0.6 is 0 Å². The molecule has 148 valence electrons. The molecule has 6 heteroatoms. The minimum Gasteiger partial charge on any atom is -0.444 e. The number of carbonyl (C=O) groups is 1. The molecule has 4 aliphatic rings. The van der Waals surface area contributed by atoms with Crippen molar-refractivity contribution < 1.29 is 23.0 Å². The first-order valence-electron chi connectivity index (χ1n) is 9.50. The van der Waals surface area contributed by atoms with Crippen molar-refractivity contribution in [3.8, 4) is 0 Å². The predicted octanol–water partition coefficient (Wildman–Crippen LogP) is 4.62. The molecule has 0 spiro atoms. The molecule has 0 N–H and O–H groups in total. The number of amides is 1. The summed E-state index contributed by atoms with van der Waals surface area (Å²) >= 11 is 0. The summed E-state index contributed by atoms with van der Waals surface area (Å²) in [6.45, 7) is 8.11. The van der Waals surface area contributed by atoms with Crippen molar-refractivity contribution in [2.24, 2.45) is 11.3 Å². The normalized spacial score (nSPS) is 34.9. The van der Waals surface area contributed by atoms with Crippen LogP contribution in [-0.2, 0) is 15.1 Å². The zero-order chi connectivity index (χ0) is 19.8. The maximum atomic E-state index is 14.3. The quantitative estimate of drug-likeness (QED) is 0.717. The van der Waals surface area contributed by atoms with Gasteiger partial charge in [0.2, 0.25) is 0 Å². The van der Waals surface area contributed by atoms with E-state index in [4.69, 9.17) is 9.47 Å². The first-order valence-corrected chi connectivity index (χ1v) is 9.50. The van der Waals surface area contributed by atoms with E-state index < -0.39 is 22.8 Å². The molecule has 1 aliphatic heterocycles. The predicted molar refractivity (Wildman–Crippen MR) is 96.2 cm³/mol. The third-order valence-electron chi connectivity index (χ3n) is 6.88. The molecule has 0 aromatic heterocycles. The molecular weight excluding hydrogens is 352 g/mol. The summed E-state index contributed by atoms with van der Waals surface area (Å²) in [6, 6.07) is 3.71. The van der Waals surface area contributed by atoms with Gasteiger partial charge in [0.05, 0.1) is 6.61 Å². The van der Waals surface area contributed by atoms with Crippen LogP contribution in [0.25, 0.3) is 0 Å². The number of epoxide rings is 1. The van der Waals surface area contributed by atoms with Crippen LogP contribution in [0.3, 0.4) is 0 Å². The SMILES string of the molecule is CC(C12CC(N(C)C(=O)OC(C)(C)C)(C1)C2)C1(c2ccc(F)cc2F)CO1. The lowest BCUT2D eigenvalue weighted by molar-refractivity contribution is -0.241. The van der Waals surface area contributed by atoms with Crippen LogP contribution in [0.1, 0.15) is 52.5 Å². The molecule has 1 aromatic rings. The number of hydrogen-bond acceptors (Lipinski definition) is 3. The Morgan fingerprint density at radius 1 is 1.26 bits per heavy atom. The highest BCUT2D eigenvalue weighted by atomic mass is 19.1. The molecule has 1 aromatic carbocycles. The van der Waals surface area contributed by atoms with E-state index in [2.05, 4.69) is 6.92 Å². The second kappa shape index (κ2) is 5.43. The lowest BCUT2D eigenvalue weighted by Crippen LogP contribution is -2.77. The number of carbonyl (C=O) groups excluding carboxylic acids is 1. The number of nitrogens with zero attached hydrogens (tertiary/aromatic N) is 1. The minimum absolute atomic E-state index is 0.0353. The zero-order valence-corrected chi connectivity index (χ0v) is 16.6. The lowest BCUT2D eigenvalue weighted by atomic mass is 9.34. The van der Waals surface area contributed by atoms with E-state index in [9.17, 15) is 13.6 Å². The monoisotopic (exact) mass is 379 g/mol. The van der Waals surface area contributed by atoms with Crippen molar-refractivity contribution in [3.05, 3.63) is 35.4 Å². The molecular formula is C21H27F2NO3. The molecule has 3 saturated carbocycles. The van der Waals surface area contributed by atoms with Gasteiger partial charge in [-0.05, 0) is 57.4 Å². The first-order chi connectivity index (χ1) is 12.4. The Balaban J connectivity index is 1.46. The number of benzene rings is 1. The van der Waals surface area contributed by atoms with Gasteiger partial charge in [0.25, 0.3) is 0 Å². The molecule has 2 unspecified atom stereocenters. The Hall–Kier alpha value is -1.69. The van der Waals surface area contributed by atoms with Gasteiger partial charge in [-0.2, -0.15) is 0 Å². The molecule has 4 nitrogen and oxygen atoms in total. The molecule has 0 radical (unpaired) electrons. The molecule has 3 aliphatic carbocycles. The average molecular weight is 379 g/mol. The second-order valence-corrected chi connectivity index (χ2v) is 9.68. The van der Waals surface area contributed by atoms with E-state index in [0.717, 1.165) is 25.3 Å². The maximum absolute atomic E-state index is 14.3. The Bertz CT molecular complexity index is 777. The highest BCUT2D eigenvalue weighted by Crippen LogP contribution is 2.76. The standard InChI is InChI=1S/C21H27F2NO3/c1-13(21(12-26-21)15-7-6-14(22)8-16(15)23)19-9-20(10-19,11-19)24(5)17(25)27-18(2,3)4/h6-8,13H,9-12H2,1-5H3. The van der Waals surface area contributed by atoms with Crippen LogP contribution in [0, 0.1) is 23.0 Å². The van der Waals surface area contributed by atoms with Crippen molar-refractivity contribution in [2.75, 3.05) is 13.7 Å². The molecule has 1 heterocycles. The fourth-order valence-corrected chi connectivity index (χ4v) is 5.19. The summed E-state index contributed by atoms with van der Waals surface area (Å²) in [5.74, 6) is -1.03. The van der Waals surface area contributed by atoms with Crippen LogP contribution in [0.15, 0.2) is 18.2 Å². The Morgan fingerprint density at radius 2 is 1.85 bits per heavy atom. The summed E-state index contributed by atoms with van der Waals surface area (Å²) < 4.78 is 38.9. The van der Waals surface area contributed by atoms with Gasteiger partial charge in [0, 0.05) is 24.2 Å². The molecule has 27 heavy (non-hydrogen) atoms. The third-order valence-corrected chi connectivity index (χ3v) is 6.88. The van der Waals surface area contributed by atoms with Crippen LogP contribution in [0.2, 0.25) is 0 Å². The second-order valence-electron chi connectivity index (χ2n) is 9.68. The fraction of sp³-hybridized carbons (Fsp3) is 0.667. The summed E-state index contributed by atoms with van der Waals surface area (Å²) in [7, 11) is 1.80. The smallest absolute Gasteiger partial charge is 0.410 e. The highest BCUT2D eigenvalue weighted by molar-refractivity contribution is 5.70. The Kier molecular flexibility index (Phi) is 3.76. The summed E-state index contributed by atoms with van der Waals surface area (Å²) in [6.07, 6.45) is 2.30. The van der Waals surface area contributed by atoms with E-state index in [0.29, 0.717) is 12.2 Å². The van der Waals surface area contributed by atoms with Crippen molar-refractivity contribution in [3.63, 3.8) is 0 Å². The largest absolute Gasteiger partial charge is 0.444 e. The van der Waals surface area contributed by atoms with E-state index in [-0.39, 0.29) is 23.0 Å². The zero-order valence-electron chi connectivity index (χ0n) is 16.6. The highest BCUT2D eigenvalue weighted by Gasteiger charge is 2.76. The molecule has 5 rings (SSSR count). The molecule has 1 amide bonds. The van der Waals surface area contributed by atoms with Crippen LogP contribution < -0.4 is 0 Å². The van der Waals surface area contributed by atoms with Gasteiger partial charge < -0.3 is 14.4 Å². The lowest BCUT2D eigenvalue weighted by Gasteiger charge is -2.75. The third kappa shape index (κ3) is 2.67. The Morgan fingerprint density at radius 3 is 2.33 bits per heavy atom. The Labute approximate surface area is 158 Å². The molecule has 2 bridgehead atoms. The van der Waals surface area contributed by atoms with E-state index >= 15 is 0 Å². The van der Waals surface area contributed by atoms with Gasteiger partial charge in [-0.1, -0.05) is 13.0 Å². The van der Waals surface area contributed by atoms with Gasteiger partial charge in [-0.3, -0.25) is 0 Å². The first kappa shape index (κ1) is 18.7. The number of halogens is 2. The fourth-order valence-electron chi connectivity index (χ4n) is 5.19. The summed E-state index contributed by atoms with van der Waals surface area (Å²) in [5, 5.41) is 0. The summed E-state index contributed by atoms with van der Waals surface area (Å²) in [5.41, 5.74) is -0.877. The number of ether oxygens (including phenoxy) is 2. The van der Waals surface area contributed by atoms with Gasteiger partial charge in [-0.15, -0.1) is 0 Å².